The van der Waals surface area contributed by atoms with Crippen LogP contribution in [-0.4, -0.2) is 22.6 Å². The smallest absolute Gasteiger partial charge is 0.178 e. The van der Waals surface area contributed by atoms with Gasteiger partial charge in [-0.05, 0) is 67.3 Å². The first kappa shape index (κ1) is 19.5. The quantitative estimate of drug-likeness (QED) is 0.563. The van der Waals surface area contributed by atoms with E-state index in [9.17, 15) is 9.59 Å². The molecule has 3 fully saturated rings. The second-order valence-electron chi connectivity index (χ2n) is 9.77. The Bertz CT molecular complexity index is 692. The van der Waals surface area contributed by atoms with Crippen molar-refractivity contribution < 1.29 is 9.59 Å². The summed E-state index contributed by atoms with van der Waals surface area (Å²) < 4.78 is 0. The van der Waals surface area contributed by atoms with Gasteiger partial charge in [-0.1, -0.05) is 45.3 Å². The second-order valence-corrected chi connectivity index (χ2v) is 11.1. The van der Waals surface area contributed by atoms with Gasteiger partial charge in [-0.2, -0.15) is 11.8 Å². The van der Waals surface area contributed by atoms with Crippen LogP contribution >= 0.6 is 11.8 Å². The average molecular weight is 387 g/mol. The van der Waals surface area contributed by atoms with Gasteiger partial charge >= 0.3 is 0 Å². The summed E-state index contributed by atoms with van der Waals surface area (Å²) in [5, 5.41) is 0.650. The molecule has 0 aliphatic heterocycles. The first-order valence-corrected chi connectivity index (χ1v) is 12.0. The molecule has 0 aromatic carbocycles. The molecule has 0 bridgehead atoms. The molecule has 0 aromatic rings. The maximum Gasteiger partial charge on any atom is 0.178 e. The highest BCUT2D eigenvalue weighted by atomic mass is 32.2. The van der Waals surface area contributed by atoms with Gasteiger partial charge in [-0.3, -0.25) is 9.59 Å². The molecule has 4 aliphatic carbocycles. The molecule has 4 aliphatic rings. The van der Waals surface area contributed by atoms with E-state index >= 15 is 0 Å². The predicted octanol–water partition coefficient (Wildman–Crippen LogP) is 5.77. The summed E-state index contributed by atoms with van der Waals surface area (Å²) >= 11 is 2.15. The number of ketones is 2. The Hall–Kier alpha value is -0.830. The number of hydrogen-bond donors (Lipinski definition) is 0. The zero-order valence-electron chi connectivity index (χ0n) is 17.1. The fourth-order valence-electron chi connectivity index (χ4n) is 6.84. The molecule has 2 nitrogen and oxygen atoms in total. The molecule has 3 heteroatoms. The SMILES string of the molecule is CCCCCS[C@@H]1CCC2C3CCC4=CC(=O)C=C[C@]4(C)C3C(=O)C[C@@]21C. The largest absolute Gasteiger partial charge is 0.299 e. The first-order chi connectivity index (χ1) is 12.9. The summed E-state index contributed by atoms with van der Waals surface area (Å²) in [4.78, 5) is 25.4. The molecule has 3 unspecified atom stereocenters. The van der Waals surface area contributed by atoms with Crippen molar-refractivity contribution in [2.75, 3.05) is 5.75 Å². The van der Waals surface area contributed by atoms with Crippen LogP contribution in [0.4, 0.5) is 0 Å². The zero-order chi connectivity index (χ0) is 19.2. The van der Waals surface area contributed by atoms with Crippen LogP contribution in [0.15, 0.2) is 23.8 Å². The van der Waals surface area contributed by atoms with E-state index in [1.807, 2.05) is 6.08 Å². The van der Waals surface area contributed by atoms with Crippen LogP contribution < -0.4 is 0 Å². The van der Waals surface area contributed by atoms with Gasteiger partial charge < -0.3 is 0 Å². The predicted molar refractivity (Wildman–Crippen MR) is 113 cm³/mol. The summed E-state index contributed by atoms with van der Waals surface area (Å²) in [6.07, 6.45) is 14.9. The van der Waals surface area contributed by atoms with E-state index < -0.39 is 0 Å². The number of thioether (sulfide) groups is 1. The van der Waals surface area contributed by atoms with Crippen molar-refractivity contribution in [1.82, 2.24) is 0 Å². The molecule has 0 amide bonds. The number of rotatable bonds is 5. The molecule has 0 heterocycles. The molecular weight excluding hydrogens is 352 g/mol. The van der Waals surface area contributed by atoms with Gasteiger partial charge in [0, 0.05) is 23.0 Å². The average Bonchev–Trinajstić information content (AvgIpc) is 2.95. The fourth-order valence-corrected chi connectivity index (χ4v) is 8.43. The lowest BCUT2D eigenvalue weighted by Gasteiger charge is -2.55. The van der Waals surface area contributed by atoms with E-state index in [0.717, 1.165) is 19.3 Å². The Morgan fingerprint density at radius 3 is 2.74 bits per heavy atom. The molecular formula is C24H34O2S. The Morgan fingerprint density at radius 2 is 1.96 bits per heavy atom. The lowest BCUT2D eigenvalue weighted by molar-refractivity contribution is -0.140. The molecule has 148 valence electrons. The van der Waals surface area contributed by atoms with Gasteiger partial charge in [0.1, 0.15) is 5.78 Å². The Labute approximate surface area is 168 Å². The van der Waals surface area contributed by atoms with Crippen LogP contribution in [0.3, 0.4) is 0 Å². The highest BCUT2D eigenvalue weighted by Gasteiger charge is 2.61. The molecule has 0 aromatic heterocycles. The molecule has 0 saturated heterocycles. The van der Waals surface area contributed by atoms with Crippen molar-refractivity contribution in [3.63, 3.8) is 0 Å². The molecule has 4 rings (SSSR count). The van der Waals surface area contributed by atoms with Gasteiger partial charge in [-0.15, -0.1) is 0 Å². The summed E-state index contributed by atoms with van der Waals surface area (Å²) in [5.74, 6) is 3.07. The maximum atomic E-state index is 13.5. The number of unbranched alkanes of at least 4 members (excludes halogenated alkanes) is 2. The minimum absolute atomic E-state index is 0.0868. The van der Waals surface area contributed by atoms with Crippen LogP contribution in [0.5, 0.6) is 0 Å². The van der Waals surface area contributed by atoms with Gasteiger partial charge in [0.05, 0.1) is 0 Å². The number of hydrogen-bond acceptors (Lipinski definition) is 3. The highest BCUT2D eigenvalue weighted by Crippen LogP contribution is 2.65. The molecule has 3 saturated carbocycles. The number of allylic oxidation sites excluding steroid dienone is 4. The van der Waals surface area contributed by atoms with Crippen molar-refractivity contribution in [1.29, 1.82) is 0 Å². The van der Waals surface area contributed by atoms with Crippen LogP contribution in [0.25, 0.3) is 0 Å². The van der Waals surface area contributed by atoms with E-state index in [1.165, 1.54) is 43.4 Å². The second kappa shape index (κ2) is 7.21. The van der Waals surface area contributed by atoms with E-state index in [2.05, 4.69) is 38.6 Å². The van der Waals surface area contributed by atoms with Crippen LogP contribution in [0.2, 0.25) is 0 Å². The number of carbonyl (C=O) groups excluding carboxylic acids is 2. The third-order valence-electron chi connectivity index (χ3n) is 8.23. The molecule has 6 atom stereocenters. The van der Waals surface area contributed by atoms with Crippen molar-refractivity contribution in [3.05, 3.63) is 23.8 Å². The Morgan fingerprint density at radius 1 is 1.15 bits per heavy atom. The van der Waals surface area contributed by atoms with Gasteiger partial charge in [-0.25, -0.2) is 0 Å². The number of fused-ring (bicyclic) bond motifs is 5. The Kier molecular flexibility index (Phi) is 5.20. The van der Waals surface area contributed by atoms with Gasteiger partial charge in [0.2, 0.25) is 0 Å². The third kappa shape index (κ3) is 3.09. The summed E-state index contributed by atoms with van der Waals surface area (Å²) in [6.45, 7) is 6.90. The number of carbonyl (C=O) groups is 2. The minimum atomic E-state index is -0.221. The zero-order valence-corrected chi connectivity index (χ0v) is 17.9. The highest BCUT2D eigenvalue weighted by molar-refractivity contribution is 7.99. The molecule has 0 radical (unpaired) electrons. The van der Waals surface area contributed by atoms with E-state index in [4.69, 9.17) is 0 Å². The van der Waals surface area contributed by atoms with Crippen molar-refractivity contribution >= 4 is 23.3 Å². The van der Waals surface area contributed by atoms with Crippen molar-refractivity contribution in [2.24, 2.45) is 28.6 Å². The van der Waals surface area contributed by atoms with E-state index in [-0.39, 0.29) is 22.5 Å². The molecule has 0 N–H and O–H groups in total. The normalized spacial score (nSPS) is 43.1. The first-order valence-electron chi connectivity index (χ1n) is 11.0. The summed E-state index contributed by atoms with van der Waals surface area (Å²) in [7, 11) is 0. The standard InChI is InChI=1S/C24H34O2S/c1-4-5-6-13-27-21-10-9-19-18-8-7-16-14-17(25)11-12-23(16,2)22(18)20(26)15-24(19,21)3/h11-12,14,18-19,21-22H,4-10,13,15H2,1-3H3/t18?,19?,21-,22?,23+,24+/m1/s1. The van der Waals surface area contributed by atoms with E-state index in [1.54, 1.807) is 6.08 Å². The monoisotopic (exact) mass is 386 g/mol. The van der Waals surface area contributed by atoms with E-state index in [0.29, 0.717) is 22.9 Å². The van der Waals surface area contributed by atoms with Crippen LogP contribution in [0.1, 0.15) is 72.1 Å². The van der Waals surface area contributed by atoms with Gasteiger partial charge in [0.15, 0.2) is 5.78 Å². The summed E-state index contributed by atoms with van der Waals surface area (Å²) in [6, 6.07) is 0. The molecule has 0 spiro atoms. The topological polar surface area (TPSA) is 34.1 Å². The van der Waals surface area contributed by atoms with Crippen molar-refractivity contribution in [2.45, 2.75) is 77.4 Å². The minimum Gasteiger partial charge on any atom is -0.299 e. The number of Topliss-reactive ketones (excluding diaryl/α,β-unsaturated/α-hetero) is 1. The Balaban J connectivity index is 1.56. The fraction of sp³-hybridized carbons (Fsp3) is 0.750. The van der Waals surface area contributed by atoms with Crippen LogP contribution in [-0.2, 0) is 9.59 Å². The lowest BCUT2D eigenvalue weighted by atomic mass is 9.48. The lowest BCUT2D eigenvalue weighted by Crippen LogP contribution is -2.54. The molecule has 27 heavy (non-hydrogen) atoms. The van der Waals surface area contributed by atoms with Gasteiger partial charge in [0.25, 0.3) is 0 Å². The van der Waals surface area contributed by atoms with Crippen molar-refractivity contribution in [3.8, 4) is 0 Å². The summed E-state index contributed by atoms with van der Waals surface area (Å²) in [5.41, 5.74) is 1.17. The maximum absolute atomic E-state index is 13.5. The third-order valence-corrected chi connectivity index (χ3v) is 9.93. The van der Waals surface area contributed by atoms with Crippen LogP contribution in [0, 0.1) is 28.6 Å².